The lowest BCUT2D eigenvalue weighted by atomic mass is 9.99. The molecule has 0 radical (unpaired) electrons. The van der Waals surface area contributed by atoms with Crippen molar-refractivity contribution < 1.29 is 15.7 Å². The van der Waals surface area contributed by atoms with Crippen LogP contribution >= 0.6 is 0 Å². The highest BCUT2D eigenvalue weighted by Gasteiger charge is 2.27. The molecule has 2 heterocycles. The monoisotopic (exact) mass is 300 g/mol. The van der Waals surface area contributed by atoms with Gasteiger partial charge in [0.25, 0.3) is 0 Å². The zero-order chi connectivity index (χ0) is 15.7. The molecule has 0 unspecified atom stereocenters. The van der Waals surface area contributed by atoms with E-state index in [1.807, 2.05) is 19.1 Å². The second kappa shape index (κ2) is 5.75. The SMILES string of the molecule is COC(=O)c1cnc(C)cc1-c1cc(C2CC2)ncc1OC.[HH]. The molecule has 0 amide bonds. The normalized spacial score (nSPS) is 13.8. The molecule has 0 aliphatic heterocycles. The summed E-state index contributed by atoms with van der Waals surface area (Å²) in [5.41, 5.74) is 3.92. The maximum absolute atomic E-state index is 12.0. The number of nitrogens with zero attached hydrogens (tertiary/aromatic N) is 2. The lowest BCUT2D eigenvalue weighted by molar-refractivity contribution is 0.0601. The molecule has 1 aliphatic carbocycles. The van der Waals surface area contributed by atoms with E-state index in [4.69, 9.17) is 9.47 Å². The molecular formula is C17H20N2O3. The average molecular weight is 300 g/mol. The fourth-order valence-corrected chi connectivity index (χ4v) is 2.49. The molecule has 0 saturated heterocycles. The van der Waals surface area contributed by atoms with Crippen molar-refractivity contribution in [1.29, 1.82) is 0 Å². The molecule has 1 aliphatic rings. The Morgan fingerprint density at radius 3 is 2.59 bits per heavy atom. The molecule has 1 saturated carbocycles. The van der Waals surface area contributed by atoms with Gasteiger partial charge in [0, 0.05) is 36.1 Å². The van der Waals surface area contributed by atoms with Crippen LogP contribution in [-0.4, -0.2) is 30.2 Å². The molecule has 0 N–H and O–H groups in total. The molecule has 0 atom stereocenters. The van der Waals surface area contributed by atoms with Crippen molar-refractivity contribution in [3.63, 3.8) is 0 Å². The van der Waals surface area contributed by atoms with E-state index < -0.39 is 5.97 Å². The Balaban J connectivity index is 0.00000192. The summed E-state index contributed by atoms with van der Waals surface area (Å²) in [6.07, 6.45) is 5.60. The van der Waals surface area contributed by atoms with Crippen molar-refractivity contribution in [2.24, 2.45) is 0 Å². The van der Waals surface area contributed by atoms with E-state index in [1.165, 1.54) is 7.11 Å². The number of hydrogen-bond acceptors (Lipinski definition) is 5. The van der Waals surface area contributed by atoms with E-state index >= 15 is 0 Å². The highest BCUT2D eigenvalue weighted by Crippen LogP contribution is 2.42. The van der Waals surface area contributed by atoms with Crippen molar-refractivity contribution in [1.82, 2.24) is 9.97 Å². The van der Waals surface area contributed by atoms with E-state index in [0.29, 0.717) is 17.2 Å². The molecular weight excluding hydrogens is 280 g/mol. The Bertz CT molecular complexity index is 730. The second-order valence-electron chi connectivity index (χ2n) is 5.45. The third-order valence-electron chi connectivity index (χ3n) is 3.84. The number of aryl methyl sites for hydroxylation is 1. The summed E-state index contributed by atoms with van der Waals surface area (Å²) in [6, 6.07) is 3.89. The minimum Gasteiger partial charge on any atom is -0.494 e. The summed E-state index contributed by atoms with van der Waals surface area (Å²) in [7, 11) is 2.97. The predicted molar refractivity (Wildman–Crippen MR) is 84.2 cm³/mol. The fourth-order valence-electron chi connectivity index (χ4n) is 2.49. The van der Waals surface area contributed by atoms with E-state index in [2.05, 4.69) is 9.97 Å². The number of ether oxygens (including phenoxy) is 2. The van der Waals surface area contributed by atoms with Crippen LogP contribution < -0.4 is 4.74 Å². The molecule has 5 nitrogen and oxygen atoms in total. The van der Waals surface area contributed by atoms with Gasteiger partial charge in [-0.1, -0.05) is 0 Å². The van der Waals surface area contributed by atoms with Crippen LogP contribution in [-0.2, 0) is 4.74 Å². The van der Waals surface area contributed by atoms with E-state index in [9.17, 15) is 4.79 Å². The third kappa shape index (κ3) is 2.66. The summed E-state index contributed by atoms with van der Waals surface area (Å²) in [5, 5.41) is 0. The average Bonchev–Trinajstić information content (AvgIpc) is 3.38. The summed E-state index contributed by atoms with van der Waals surface area (Å²) in [6.45, 7) is 1.89. The topological polar surface area (TPSA) is 61.3 Å². The maximum Gasteiger partial charge on any atom is 0.340 e. The molecule has 1 fully saturated rings. The van der Waals surface area contributed by atoms with Crippen molar-refractivity contribution in [3.8, 4) is 16.9 Å². The Hall–Kier alpha value is -2.43. The first-order valence-corrected chi connectivity index (χ1v) is 7.23. The van der Waals surface area contributed by atoms with Gasteiger partial charge in [-0.15, -0.1) is 0 Å². The zero-order valence-corrected chi connectivity index (χ0v) is 12.9. The number of esters is 1. The van der Waals surface area contributed by atoms with Crippen molar-refractivity contribution >= 4 is 5.97 Å². The van der Waals surface area contributed by atoms with Crippen molar-refractivity contribution in [3.05, 3.63) is 41.5 Å². The van der Waals surface area contributed by atoms with E-state index in [0.717, 1.165) is 35.4 Å². The third-order valence-corrected chi connectivity index (χ3v) is 3.84. The first kappa shape index (κ1) is 14.5. The summed E-state index contributed by atoms with van der Waals surface area (Å²) in [4.78, 5) is 20.7. The Morgan fingerprint density at radius 1 is 1.18 bits per heavy atom. The van der Waals surface area contributed by atoms with Crippen molar-refractivity contribution in [2.75, 3.05) is 14.2 Å². The molecule has 22 heavy (non-hydrogen) atoms. The predicted octanol–water partition coefficient (Wildman–Crippen LogP) is 3.37. The lowest BCUT2D eigenvalue weighted by Crippen LogP contribution is -2.06. The van der Waals surface area contributed by atoms with Gasteiger partial charge in [-0.2, -0.15) is 0 Å². The number of methoxy groups -OCH3 is 2. The van der Waals surface area contributed by atoms with Gasteiger partial charge in [0.05, 0.1) is 26.0 Å². The van der Waals surface area contributed by atoms with Crippen LogP contribution in [0.15, 0.2) is 24.5 Å². The van der Waals surface area contributed by atoms with E-state index in [-0.39, 0.29) is 1.43 Å². The number of rotatable bonds is 4. The van der Waals surface area contributed by atoms with Crippen molar-refractivity contribution in [2.45, 2.75) is 25.7 Å². The van der Waals surface area contributed by atoms with Crippen LogP contribution in [0.25, 0.3) is 11.1 Å². The molecule has 2 aromatic heterocycles. The number of carbonyl (C=O) groups is 1. The number of carbonyl (C=O) groups excluding carboxylic acids is 1. The van der Waals surface area contributed by atoms with Gasteiger partial charge in [0.15, 0.2) is 0 Å². The highest BCUT2D eigenvalue weighted by atomic mass is 16.5. The van der Waals surface area contributed by atoms with Gasteiger partial charge >= 0.3 is 5.97 Å². The van der Waals surface area contributed by atoms with E-state index in [1.54, 1.807) is 19.5 Å². The molecule has 5 heteroatoms. The minimum absolute atomic E-state index is 0. The van der Waals surface area contributed by atoms with Gasteiger partial charge in [-0.05, 0) is 31.9 Å². The standard InChI is InChI=1S/C17H18N2O3.H2/c1-10-6-12(14(8-18-10)17(20)22-3)13-7-15(11-4-5-11)19-9-16(13)21-2;/h6-9,11H,4-5H2,1-3H3;1H. The Kier molecular flexibility index (Phi) is 3.79. The summed E-state index contributed by atoms with van der Waals surface area (Å²) in [5.74, 6) is 0.753. The fraction of sp³-hybridized carbons (Fsp3) is 0.353. The van der Waals surface area contributed by atoms with Crippen LogP contribution in [0.5, 0.6) is 5.75 Å². The first-order chi connectivity index (χ1) is 10.6. The molecule has 0 bridgehead atoms. The smallest absolute Gasteiger partial charge is 0.340 e. The van der Waals surface area contributed by atoms with Gasteiger partial charge in [-0.25, -0.2) is 4.79 Å². The molecule has 116 valence electrons. The minimum atomic E-state index is -0.408. The number of hydrogen-bond donors (Lipinski definition) is 0. The quantitative estimate of drug-likeness (QED) is 0.810. The molecule has 0 spiro atoms. The largest absolute Gasteiger partial charge is 0.494 e. The van der Waals surface area contributed by atoms with Gasteiger partial charge in [0.2, 0.25) is 0 Å². The lowest BCUT2D eigenvalue weighted by Gasteiger charge is -2.13. The second-order valence-corrected chi connectivity index (χ2v) is 5.45. The summed E-state index contributed by atoms with van der Waals surface area (Å²) < 4.78 is 10.3. The van der Waals surface area contributed by atoms with Crippen LogP contribution in [0, 0.1) is 6.92 Å². The number of pyridine rings is 2. The van der Waals surface area contributed by atoms with Crippen LogP contribution in [0.3, 0.4) is 0 Å². The molecule has 2 aromatic rings. The molecule has 0 aromatic carbocycles. The van der Waals surface area contributed by atoms with Crippen LogP contribution in [0.2, 0.25) is 0 Å². The van der Waals surface area contributed by atoms with Crippen LogP contribution in [0.4, 0.5) is 0 Å². The first-order valence-electron chi connectivity index (χ1n) is 7.23. The number of aromatic nitrogens is 2. The maximum atomic E-state index is 12.0. The van der Waals surface area contributed by atoms with Crippen LogP contribution in [0.1, 0.15) is 41.9 Å². The Morgan fingerprint density at radius 2 is 1.95 bits per heavy atom. The van der Waals surface area contributed by atoms with Gasteiger partial charge < -0.3 is 9.47 Å². The summed E-state index contributed by atoms with van der Waals surface area (Å²) >= 11 is 0. The molecule has 3 rings (SSSR count). The van der Waals surface area contributed by atoms with Gasteiger partial charge in [0.1, 0.15) is 5.75 Å². The zero-order valence-electron chi connectivity index (χ0n) is 12.9. The Labute approximate surface area is 130 Å². The van der Waals surface area contributed by atoms with Gasteiger partial charge in [-0.3, -0.25) is 9.97 Å². The highest BCUT2D eigenvalue weighted by molar-refractivity contribution is 5.97.